The van der Waals surface area contributed by atoms with Gasteiger partial charge in [0.2, 0.25) is 0 Å². The fraction of sp³-hybridized carbons (Fsp3) is 0.450. The van der Waals surface area contributed by atoms with Gasteiger partial charge in [-0.1, -0.05) is 18.2 Å². The molecule has 134 valence electrons. The summed E-state index contributed by atoms with van der Waals surface area (Å²) in [4.78, 5) is 13.4. The predicted molar refractivity (Wildman–Crippen MR) is 103 cm³/mol. The lowest BCUT2D eigenvalue weighted by Crippen LogP contribution is -2.32. The maximum atomic E-state index is 11.9. The van der Waals surface area contributed by atoms with Crippen LogP contribution in [0.3, 0.4) is 0 Å². The molecule has 0 aliphatic heterocycles. The van der Waals surface area contributed by atoms with Crippen molar-refractivity contribution in [3.05, 3.63) is 51.7 Å². The Balaban J connectivity index is 1.67. The second-order valence-corrected chi connectivity index (χ2v) is 8.40. The van der Waals surface area contributed by atoms with E-state index >= 15 is 0 Å². The van der Waals surface area contributed by atoms with Crippen molar-refractivity contribution in [1.82, 2.24) is 5.32 Å². The molecule has 1 atom stereocenters. The van der Waals surface area contributed by atoms with Crippen molar-refractivity contribution < 1.29 is 9.53 Å². The third-order valence-corrected chi connectivity index (χ3v) is 5.22. The first-order valence-electron chi connectivity index (χ1n) is 8.80. The highest BCUT2D eigenvalue weighted by atomic mass is 32.1. The molecule has 1 aromatic carbocycles. The van der Waals surface area contributed by atoms with E-state index in [4.69, 9.17) is 4.74 Å². The van der Waals surface area contributed by atoms with E-state index in [9.17, 15) is 4.79 Å². The molecule has 4 nitrogen and oxygen atoms in total. The van der Waals surface area contributed by atoms with Gasteiger partial charge in [-0.2, -0.15) is 0 Å². The van der Waals surface area contributed by atoms with Crippen molar-refractivity contribution >= 4 is 23.1 Å². The molecule has 1 amide bonds. The van der Waals surface area contributed by atoms with Crippen molar-refractivity contribution in [3.8, 4) is 0 Å². The number of nitrogens with one attached hydrogen (secondary N) is 2. The second-order valence-electron chi connectivity index (χ2n) is 7.40. The van der Waals surface area contributed by atoms with Crippen molar-refractivity contribution in [2.45, 2.75) is 58.2 Å². The van der Waals surface area contributed by atoms with Gasteiger partial charge >= 0.3 is 6.09 Å². The summed E-state index contributed by atoms with van der Waals surface area (Å²) in [5.74, 6) is 0. The molecular formula is C20H26N2O2S. The molecule has 0 saturated heterocycles. The first kappa shape index (κ1) is 17.8. The van der Waals surface area contributed by atoms with E-state index in [2.05, 4.69) is 28.1 Å². The normalized spacial score (nSPS) is 16.8. The molecule has 1 aliphatic rings. The molecule has 1 unspecified atom stereocenters. The van der Waals surface area contributed by atoms with E-state index in [1.807, 2.05) is 50.3 Å². The van der Waals surface area contributed by atoms with E-state index < -0.39 is 5.60 Å². The molecule has 0 spiro atoms. The maximum absolute atomic E-state index is 11.9. The monoisotopic (exact) mass is 358 g/mol. The number of ether oxygens (including phenoxy) is 1. The number of anilines is 1. The summed E-state index contributed by atoms with van der Waals surface area (Å²) in [6.45, 7) is 6.04. The van der Waals surface area contributed by atoms with Crippen molar-refractivity contribution in [3.63, 3.8) is 0 Å². The van der Waals surface area contributed by atoms with Gasteiger partial charge in [0.1, 0.15) is 5.60 Å². The highest BCUT2D eigenvalue weighted by molar-refractivity contribution is 7.10. The lowest BCUT2D eigenvalue weighted by molar-refractivity contribution is 0.0523. The molecular weight excluding hydrogens is 332 g/mol. The number of thiophene rings is 1. The van der Waals surface area contributed by atoms with Crippen LogP contribution in [0.15, 0.2) is 35.7 Å². The number of aryl methyl sites for hydroxylation is 1. The van der Waals surface area contributed by atoms with Gasteiger partial charge in [0.05, 0.1) is 6.04 Å². The summed E-state index contributed by atoms with van der Waals surface area (Å²) in [5.41, 5.74) is 3.07. The van der Waals surface area contributed by atoms with Crippen LogP contribution in [0.1, 0.15) is 55.7 Å². The van der Waals surface area contributed by atoms with Gasteiger partial charge in [-0.15, -0.1) is 11.3 Å². The highest BCUT2D eigenvalue weighted by Gasteiger charge is 2.22. The second kappa shape index (κ2) is 7.48. The van der Waals surface area contributed by atoms with Gasteiger partial charge in [-0.25, -0.2) is 4.79 Å². The van der Waals surface area contributed by atoms with E-state index in [1.54, 1.807) is 0 Å². The molecule has 25 heavy (non-hydrogen) atoms. The number of benzene rings is 1. The quantitative estimate of drug-likeness (QED) is 0.783. The van der Waals surface area contributed by atoms with Gasteiger partial charge in [0, 0.05) is 17.1 Å². The number of fused-ring (bicyclic) bond motifs is 1. The van der Waals surface area contributed by atoms with Crippen LogP contribution in [0.2, 0.25) is 0 Å². The number of carbonyl (C=O) groups is 1. The molecule has 2 aromatic rings. The number of hydrogen-bond acceptors (Lipinski definition) is 4. The van der Waals surface area contributed by atoms with Crippen molar-refractivity contribution in [1.29, 1.82) is 0 Å². The summed E-state index contributed by atoms with van der Waals surface area (Å²) in [6, 6.07) is 10.7. The molecule has 0 saturated carbocycles. The highest BCUT2D eigenvalue weighted by Crippen LogP contribution is 2.36. The van der Waals surface area contributed by atoms with Crippen LogP contribution < -0.4 is 10.6 Å². The number of carbonyl (C=O) groups excluding carboxylic acids is 1. The topological polar surface area (TPSA) is 50.4 Å². The van der Waals surface area contributed by atoms with Crippen molar-refractivity contribution in [2.75, 3.05) is 5.32 Å². The summed E-state index contributed by atoms with van der Waals surface area (Å²) in [5, 5.41) is 8.71. The van der Waals surface area contributed by atoms with Gasteiger partial charge in [0.15, 0.2) is 0 Å². The van der Waals surface area contributed by atoms with Crippen molar-refractivity contribution in [2.24, 2.45) is 0 Å². The molecule has 1 aromatic heterocycles. The predicted octanol–water partition coefficient (Wildman–Crippen LogP) is 5.26. The summed E-state index contributed by atoms with van der Waals surface area (Å²) in [7, 11) is 0. The molecule has 1 heterocycles. The zero-order valence-electron chi connectivity index (χ0n) is 15.1. The van der Waals surface area contributed by atoms with Crippen LogP contribution in [0.25, 0.3) is 0 Å². The lowest BCUT2D eigenvalue weighted by Gasteiger charge is -2.26. The van der Waals surface area contributed by atoms with E-state index in [0.717, 1.165) is 17.7 Å². The van der Waals surface area contributed by atoms with Gasteiger partial charge < -0.3 is 15.4 Å². The minimum absolute atomic E-state index is 0.345. The SMILES string of the molecule is CC(C)(C)OC(=O)NCc1ccccc1NC1CCCc2sccc21. The molecule has 1 aliphatic carbocycles. The molecule has 0 radical (unpaired) electrons. The van der Waals surface area contributed by atoms with Crippen LogP contribution in [-0.4, -0.2) is 11.7 Å². The molecule has 0 bridgehead atoms. The first-order chi connectivity index (χ1) is 11.9. The fourth-order valence-corrected chi connectivity index (χ4v) is 4.11. The Morgan fingerprint density at radius 3 is 2.88 bits per heavy atom. The number of para-hydroxylation sites is 1. The average Bonchev–Trinajstić information content (AvgIpc) is 3.02. The molecule has 5 heteroatoms. The van der Waals surface area contributed by atoms with E-state index in [1.165, 1.54) is 23.3 Å². The molecule has 0 fully saturated rings. The van der Waals surface area contributed by atoms with Crippen LogP contribution in [-0.2, 0) is 17.7 Å². The smallest absolute Gasteiger partial charge is 0.407 e. The minimum atomic E-state index is -0.487. The number of alkyl carbamates (subject to hydrolysis) is 1. The Labute approximate surface area is 153 Å². The third-order valence-electron chi connectivity index (χ3n) is 4.22. The van der Waals surface area contributed by atoms with Crippen LogP contribution in [0.4, 0.5) is 10.5 Å². The van der Waals surface area contributed by atoms with Gasteiger partial charge in [-0.3, -0.25) is 0 Å². The Bertz CT molecular complexity index is 733. The summed E-state index contributed by atoms with van der Waals surface area (Å²) in [6.07, 6.45) is 3.15. The van der Waals surface area contributed by atoms with Crippen LogP contribution in [0, 0.1) is 0 Å². The Morgan fingerprint density at radius 1 is 1.28 bits per heavy atom. The largest absolute Gasteiger partial charge is 0.444 e. The van der Waals surface area contributed by atoms with E-state index in [0.29, 0.717) is 12.6 Å². The first-order valence-corrected chi connectivity index (χ1v) is 9.68. The number of amides is 1. The number of hydrogen-bond donors (Lipinski definition) is 2. The van der Waals surface area contributed by atoms with Crippen LogP contribution >= 0.6 is 11.3 Å². The van der Waals surface area contributed by atoms with Gasteiger partial charge in [-0.05, 0) is 68.7 Å². The average molecular weight is 359 g/mol. The lowest BCUT2D eigenvalue weighted by atomic mass is 9.93. The molecule has 3 rings (SSSR count). The van der Waals surface area contributed by atoms with Gasteiger partial charge in [0.25, 0.3) is 0 Å². The zero-order valence-corrected chi connectivity index (χ0v) is 15.9. The fourth-order valence-electron chi connectivity index (χ4n) is 3.12. The third kappa shape index (κ3) is 4.75. The molecule has 2 N–H and O–H groups in total. The maximum Gasteiger partial charge on any atom is 0.407 e. The van der Waals surface area contributed by atoms with Crippen LogP contribution in [0.5, 0.6) is 0 Å². The minimum Gasteiger partial charge on any atom is -0.444 e. The summed E-state index contributed by atoms with van der Waals surface area (Å²) < 4.78 is 5.32. The Hall–Kier alpha value is -2.01. The standard InChI is InChI=1S/C20H26N2O2S/c1-20(2,3)24-19(23)21-13-14-7-4-5-8-16(14)22-17-9-6-10-18-15(17)11-12-25-18/h4-5,7-8,11-12,17,22H,6,9-10,13H2,1-3H3,(H,21,23). The number of rotatable bonds is 4. The zero-order chi connectivity index (χ0) is 17.9. The Kier molecular flexibility index (Phi) is 5.33. The van der Waals surface area contributed by atoms with E-state index in [-0.39, 0.29) is 6.09 Å². The summed E-state index contributed by atoms with van der Waals surface area (Å²) >= 11 is 1.85. The Morgan fingerprint density at radius 2 is 2.08 bits per heavy atom.